The maximum Gasteiger partial charge on any atom is 0.0935 e. The minimum absolute atomic E-state index is 0.0891. The number of benzene rings is 2. The van der Waals surface area contributed by atoms with E-state index in [4.69, 9.17) is 11.6 Å². The van der Waals surface area contributed by atoms with Crippen LogP contribution in [-0.4, -0.2) is 36.2 Å². The van der Waals surface area contributed by atoms with Gasteiger partial charge in [0.1, 0.15) is 0 Å². The highest BCUT2D eigenvalue weighted by molar-refractivity contribution is 6.30. The first-order valence-corrected chi connectivity index (χ1v) is 9.04. The van der Waals surface area contributed by atoms with Gasteiger partial charge in [-0.15, -0.1) is 0 Å². The Kier molecular flexibility index (Phi) is 6.83. The summed E-state index contributed by atoms with van der Waals surface area (Å²) < 4.78 is 0. The van der Waals surface area contributed by atoms with Gasteiger partial charge in [-0.2, -0.15) is 0 Å². The molecule has 0 fully saturated rings. The van der Waals surface area contributed by atoms with E-state index in [1.807, 2.05) is 63.5 Å². The van der Waals surface area contributed by atoms with Crippen molar-refractivity contribution < 1.29 is 5.11 Å². The van der Waals surface area contributed by atoms with Crippen molar-refractivity contribution in [3.63, 3.8) is 0 Å². The van der Waals surface area contributed by atoms with Crippen molar-refractivity contribution in [1.82, 2.24) is 4.90 Å². The molecule has 3 heteroatoms. The number of hydrogen-bond donors (Lipinski definition) is 1. The van der Waals surface area contributed by atoms with Crippen LogP contribution in [0.2, 0.25) is 5.02 Å². The van der Waals surface area contributed by atoms with Crippen molar-refractivity contribution in [3.8, 4) is 0 Å². The van der Waals surface area contributed by atoms with Gasteiger partial charge in [0, 0.05) is 23.9 Å². The smallest absolute Gasteiger partial charge is 0.0935 e. The Morgan fingerprint density at radius 3 is 2.28 bits per heavy atom. The van der Waals surface area contributed by atoms with Crippen LogP contribution < -0.4 is 0 Å². The summed E-state index contributed by atoms with van der Waals surface area (Å²) in [5.74, 6) is 0.0891. The molecule has 0 aliphatic carbocycles. The van der Waals surface area contributed by atoms with Crippen molar-refractivity contribution >= 4 is 17.7 Å². The molecule has 2 aromatic rings. The number of halogens is 1. The summed E-state index contributed by atoms with van der Waals surface area (Å²) in [5, 5.41) is 12.4. The van der Waals surface area contributed by atoms with E-state index in [1.54, 1.807) is 0 Å². The second-order valence-corrected chi connectivity index (χ2v) is 7.57. The second-order valence-electron chi connectivity index (χ2n) is 7.13. The number of rotatable bonds is 7. The van der Waals surface area contributed by atoms with Crippen molar-refractivity contribution in [2.24, 2.45) is 5.92 Å². The zero-order chi connectivity index (χ0) is 18.4. The van der Waals surface area contributed by atoms with Crippen molar-refractivity contribution in [1.29, 1.82) is 0 Å². The highest BCUT2D eigenvalue weighted by Crippen LogP contribution is 2.32. The fraction of sp³-hybridized carbons (Fsp3) is 0.364. The number of aliphatic hydroxyl groups is 1. The molecule has 0 amide bonds. The Hall–Kier alpha value is -1.61. The average molecular weight is 358 g/mol. The van der Waals surface area contributed by atoms with Crippen LogP contribution in [0.15, 0.2) is 60.2 Å². The summed E-state index contributed by atoms with van der Waals surface area (Å²) in [5.41, 5.74) is 2.24. The molecule has 2 atom stereocenters. The summed E-state index contributed by atoms with van der Waals surface area (Å²) >= 11 is 5.98. The van der Waals surface area contributed by atoms with Crippen LogP contribution in [0.5, 0.6) is 0 Å². The van der Waals surface area contributed by atoms with Gasteiger partial charge in [-0.1, -0.05) is 67.1 Å². The van der Waals surface area contributed by atoms with E-state index in [1.165, 1.54) is 0 Å². The molecule has 0 bridgehead atoms. The maximum absolute atomic E-state index is 11.6. The van der Waals surface area contributed by atoms with E-state index >= 15 is 0 Å². The van der Waals surface area contributed by atoms with Gasteiger partial charge in [0.05, 0.1) is 5.60 Å². The molecule has 2 nitrogen and oxygen atoms in total. The third kappa shape index (κ3) is 5.43. The second kappa shape index (κ2) is 8.66. The number of hydrogen-bond acceptors (Lipinski definition) is 2. The van der Waals surface area contributed by atoms with Gasteiger partial charge in [0.25, 0.3) is 0 Å². The molecular formula is C22H28ClNO. The summed E-state index contributed by atoms with van der Waals surface area (Å²) in [6.45, 7) is 4.95. The monoisotopic (exact) mass is 357 g/mol. The molecule has 0 aliphatic rings. The van der Waals surface area contributed by atoms with Crippen LogP contribution in [0, 0.1) is 5.92 Å². The van der Waals surface area contributed by atoms with Crippen LogP contribution in [0.3, 0.4) is 0 Å². The lowest BCUT2D eigenvalue weighted by Crippen LogP contribution is -2.44. The Balaban J connectivity index is 2.36. The fourth-order valence-electron chi connectivity index (χ4n) is 3.24. The Bertz CT molecular complexity index is 694. The molecule has 0 heterocycles. The maximum atomic E-state index is 11.6. The van der Waals surface area contributed by atoms with Gasteiger partial charge in [-0.3, -0.25) is 0 Å². The van der Waals surface area contributed by atoms with E-state index in [2.05, 4.69) is 30.0 Å². The molecule has 2 unspecified atom stereocenters. The average Bonchev–Trinajstić information content (AvgIpc) is 2.57. The summed E-state index contributed by atoms with van der Waals surface area (Å²) in [6.07, 6.45) is 2.66. The molecule has 0 aromatic heterocycles. The van der Waals surface area contributed by atoms with Crippen molar-refractivity contribution in [2.75, 3.05) is 20.6 Å². The third-order valence-corrected chi connectivity index (χ3v) is 4.96. The Morgan fingerprint density at radius 1 is 1.12 bits per heavy atom. The normalized spacial score (nSPS) is 15.9. The third-order valence-electron chi connectivity index (χ3n) is 4.71. The van der Waals surface area contributed by atoms with E-state index in [0.717, 1.165) is 28.3 Å². The standard InChI is InChI=1S/C22H28ClNO/c1-17(14-19-10-12-21(23)13-11-19)22(25,18(2)16-24(3)4)15-20-8-6-5-7-9-20/h5-14,18,25H,15-16H2,1-4H3. The predicted octanol–water partition coefficient (Wildman–Crippen LogP) is 4.91. The first-order valence-electron chi connectivity index (χ1n) is 8.66. The lowest BCUT2D eigenvalue weighted by molar-refractivity contribution is 0.0150. The minimum Gasteiger partial charge on any atom is -0.385 e. The Morgan fingerprint density at radius 2 is 1.72 bits per heavy atom. The summed E-state index contributed by atoms with van der Waals surface area (Å²) in [7, 11) is 4.08. The Labute approximate surface area is 156 Å². The zero-order valence-corrected chi connectivity index (χ0v) is 16.3. The topological polar surface area (TPSA) is 23.5 Å². The summed E-state index contributed by atoms with van der Waals surface area (Å²) in [6, 6.07) is 17.9. The van der Waals surface area contributed by atoms with Gasteiger partial charge in [0.15, 0.2) is 0 Å². The molecule has 0 saturated heterocycles. The lowest BCUT2D eigenvalue weighted by Gasteiger charge is -2.37. The van der Waals surface area contributed by atoms with Gasteiger partial charge in [0.2, 0.25) is 0 Å². The molecule has 2 rings (SSSR count). The molecule has 134 valence electrons. The fourth-order valence-corrected chi connectivity index (χ4v) is 3.37. The van der Waals surface area contributed by atoms with Crippen molar-refractivity contribution in [3.05, 3.63) is 76.3 Å². The van der Waals surface area contributed by atoms with Crippen LogP contribution in [0.25, 0.3) is 6.08 Å². The molecule has 0 spiro atoms. The van der Waals surface area contributed by atoms with Crippen LogP contribution in [0.4, 0.5) is 0 Å². The largest absolute Gasteiger partial charge is 0.385 e. The number of nitrogens with zero attached hydrogens (tertiary/aromatic N) is 1. The van der Waals surface area contributed by atoms with Crippen LogP contribution in [0.1, 0.15) is 25.0 Å². The van der Waals surface area contributed by atoms with Crippen molar-refractivity contribution in [2.45, 2.75) is 25.9 Å². The van der Waals surface area contributed by atoms with E-state index in [0.29, 0.717) is 6.42 Å². The van der Waals surface area contributed by atoms with Gasteiger partial charge in [-0.05, 0) is 49.9 Å². The first-order chi connectivity index (χ1) is 11.8. The SMILES string of the molecule is CC(=Cc1ccc(Cl)cc1)C(O)(Cc1ccccc1)C(C)CN(C)C. The minimum atomic E-state index is -0.911. The quantitative estimate of drug-likeness (QED) is 0.760. The lowest BCUT2D eigenvalue weighted by atomic mass is 9.77. The van der Waals surface area contributed by atoms with E-state index in [9.17, 15) is 5.11 Å². The molecule has 25 heavy (non-hydrogen) atoms. The van der Waals surface area contributed by atoms with Gasteiger partial charge >= 0.3 is 0 Å². The molecular weight excluding hydrogens is 330 g/mol. The molecule has 0 radical (unpaired) electrons. The summed E-state index contributed by atoms with van der Waals surface area (Å²) in [4.78, 5) is 2.12. The van der Waals surface area contributed by atoms with E-state index < -0.39 is 5.60 Å². The molecule has 2 aromatic carbocycles. The van der Waals surface area contributed by atoms with Gasteiger partial charge in [-0.25, -0.2) is 0 Å². The molecule has 0 saturated carbocycles. The van der Waals surface area contributed by atoms with Gasteiger partial charge < -0.3 is 10.0 Å². The van der Waals surface area contributed by atoms with E-state index in [-0.39, 0.29) is 5.92 Å². The zero-order valence-electron chi connectivity index (χ0n) is 15.5. The highest BCUT2D eigenvalue weighted by atomic mass is 35.5. The first kappa shape index (κ1) is 19.7. The molecule has 1 N–H and O–H groups in total. The molecule has 0 aliphatic heterocycles. The van der Waals surface area contributed by atoms with Crippen LogP contribution >= 0.6 is 11.6 Å². The predicted molar refractivity (Wildman–Crippen MR) is 108 cm³/mol. The van der Waals surface area contributed by atoms with Crippen LogP contribution in [-0.2, 0) is 6.42 Å². The highest BCUT2D eigenvalue weighted by Gasteiger charge is 2.36.